The number of rotatable bonds is 12. The third-order valence-corrected chi connectivity index (χ3v) is 7.35. The summed E-state index contributed by atoms with van der Waals surface area (Å²) in [6.07, 6.45) is 11.6. The minimum Gasteiger partial charge on any atom is -0.493 e. The van der Waals surface area contributed by atoms with Crippen molar-refractivity contribution < 1.29 is 23.0 Å². The lowest BCUT2D eigenvalue weighted by atomic mass is 9.80. The van der Waals surface area contributed by atoms with Crippen molar-refractivity contribution in [3.05, 3.63) is 59.2 Å². The molecule has 0 aromatic heterocycles. The number of benzene rings is 2. The van der Waals surface area contributed by atoms with E-state index in [4.69, 9.17) is 9.47 Å². The summed E-state index contributed by atoms with van der Waals surface area (Å²) in [5.74, 6) is -0.826. The van der Waals surface area contributed by atoms with Crippen LogP contribution in [0.1, 0.15) is 94.5 Å². The average molecular weight is 487 g/mol. The monoisotopic (exact) mass is 486 g/mol. The number of hydrogen-bond donors (Lipinski definition) is 0. The molecule has 35 heavy (non-hydrogen) atoms. The van der Waals surface area contributed by atoms with Crippen LogP contribution in [0.5, 0.6) is 11.5 Å². The zero-order valence-corrected chi connectivity index (χ0v) is 21.5. The molecule has 0 bridgehead atoms. The summed E-state index contributed by atoms with van der Waals surface area (Å²) in [6, 6.07) is 9.44. The molecular weight excluding hydrogens is 446 g/mol. The van der Waals surface area contributed by atoms with Gasteiger partial charge in [-0.05, 0) is 72.9 Å². The summed E-state index contributed by atoms with van der Waals surface area (Å²) in [5.41, 5.74) is 0.552. The molecule has 1 aliphatic rings. The van der Waals surface area contributed by atoms with E-state index in [2.05, 4.69) is 6.92 Å². The molecule has 0 amide bonds. The Morgan fingerprint density at radius 2 is 1.63 bits per heavy atom. The van der Waals surface area contributed by atoms with Gasteiger partial charge in [-0.2, -0.15) is 4.39 Å². The molecule has 2 aromatic carbocycles. The Balaban J connectivity index is 1.48. The van der Waals surface area contributed by atoms with Crippen molar-refractivity contribution in [2.75, 3.05) is 6.61 Å². The number of esters is 1. The maximum Gasteiger partial charge on any atom is 0.343 e. The highest BCUT2D eigenvalue weighted by Crippen LogP contribution is 2.32. The molecule has 1 fully saturated rings. The number of hydrogen-bond acceptors (Lipinski definition) is 3. The van der Waals surface area contributed by atoms with Gasteiger partial charge >= 0.3 is 5.97 Å². The average Bonchev–Trinajstić information content (AvgIpc) is 2.88. The number of halogens is 2. The summed E-state index contributed by atoms with van der Waals surface area (Å²) < 4.78 is 40.0. The third-order valence-electron chi connectivity index (χ3n) is 7.35. The van der Waals surface area contributed by atoms with Crippen molar-refractivity contribution in [2.24, 2.45) is 17.8 Å². The zero-order valence-electron chi connectivity index (χ0n) is 21.5. The summed E-state index contributed by atoms with van der Waals surface area (Å²) in [4.78, 5) is 12.5. The maximum atomic E-state index is 14.5. The van der Waals surface area contributed by atoms with Gasteiger partial charge in [-0.15, -0.1) is 0 Å². The van der Waals surface area contributed by atoms with Crippen molar-refractivity contribution in [2.45, 2.75) is 85.0 Å². The summed E-state index contributed by atoms with van der Waals surface area (Å²) in [5, 5.41) is 0. The van der Waals surface area contributed by atoms with E-state index in [-0.39, 0.29) is 11.5 Å². The van der Waals surface area contributed by atoms with Gasteiger partial charge in [0.05, 0.1) is 12.2 Å². The van der Waals surface area contributed by atoms with Crippen LogP contribution in [0, 0.1) is 29.4 Å². The van der Waals surface area contributed by atoms with E-state index < -0.39 is 23.4 Å². The fourth-order valence-corrected chi connectivity index (χ4v) is 4.76. The molecule has 0 radical (unpaired) electrons. The molecule has 0 heterocycles. The Bertz CT molecular complexity index is 933. The van der Waals surface area contributed by atoms with Crippen LogP contribution < -0.4 is 9.47 Å². The van der Waals surface area contributed by atoms with Gasteiger partial charge in [0, 0.05) is 0 Å². The van der Waals surface area contributed by atoms with Crippen LogP contribution in [0.4, 0.5) is 8.78 Å². The van der Waals surface area contributed by atoms with Crippen molar-refractivity contribution >= 4 is 5.97 Å². The quantitative estimate of drug-likeness (QED) is 0.171. The van der Waals surface area contributed by atoms with Gasteiger partial charge in [-0.25, -0.2) is 9.18 Å². The van der Waals surface area contributed by atoms with Crippen LogP contribution in [0.3, 0.4) is 0 Å². The Kier molecular flexibility index (Phi) is 10.6. The number of carbonyl (C=O) groups is 1. The smallest absolute Gasteiger partial charge is 0.343 e. The van der Waals surface area contributed by atoms with Crippen molar-refractivity contribution in [3.63, 3.8) is 0 Å². The number of ether oxygens (including phenoxy) is 2. The molecule has 0 aliphatic heterocycles. The molecule has 0 N–H and O–H groups in total. The topological polar surface area (TPSA) is 35.5 Å². The predicted molar refractivity (Wildman–Crippen MR) is 136 cm³/mol. The largest absolute Gasteiger partial charge is 0.493 e. The van der Waals surface area contributed by atoms with Gasteiger partial charge in [0.2, 0.25) is 5.82 Å². The third kappa shape index (κ3) is 8.05. The van der Waals surface area contributed by atoms with E-state index >= 15 is 0 Å². The highest BCUT2D eigenvalue weighted by Gasteiger charge is 2.22. The van der Waals surface area contributed by atoms with Crippen molar-refractivity contribution in [1.29, 1.82) is 0 Å². The Hall–Kier alpha value is -2.43. The van der Waals surface area contributed by atoms with Crippen LogP contribution in [0.25, 0.3) is 0 Å². The highest BCUT2D eigenvalue weighted by atomic mass is 19.2. The Morgan fingerprint density at radius 1 is 0.943 bits per heavy atom. The minimum atomic E-state index is -1.13. The fraction of sp³-hybridized carbons (Fsp3) is 0.567. The van der Waals surface area contributed by atoms with Crippen LogP contribution in [0.2, 0.25) is 0 Å². The molecule has 1 saturated carbocycles. The van der Waals surface area contributed by atoms with Gasteiger partial charge in [-0.1, -0.05) is 71.8 Å². The van der Waals surface area contributed by atoms with Crippen LogP contribution >= 0.6 is 0 Å². The SMILES string of the molecule is CCCCCC1CCC(COc2ccc(C(=O)Oc3ccc(C[C@@H](C)CC)c(F)c3F)cc2)CC1. The normalized spacial score (nSPS) is 18.8. The minimum absolute atomic E-state index is 0.239. The van der Waals surface area contributed by atoms with E-state index in [0.29, 0.717) is 30.3 Å². The van der Waals surface area contributed by atoms with Gasteiger partial charge in [0.25, 0.3) is 0 Å². The van der Waals surface area contributed by atoms with Crippen LogP contribution in [0.15, 0.2) is 36.4 Å². The van der Waals surface area contributed by atoms with Gasteiger partial charge < -0.3 is 9.47 Å². The second-order valence-electron chi connectivity index (χ2n) is 10.2. The van der Waals surface area contributed by atoms with Gasteiger partial charge in [0.15, 0.2) is 11.6 Å². The second-order valence-corrected chi connectivity index (χ2v) is 10.2. The second kappa shape index (κ2) is 13.6. The standard InChI is InChI=1S/C30H40F2O3/c1-4-6-7-8-22-9-11-23(12-10-22)20-34-26-16-13-24(14-17-26)30(33)35-27-18-15-25(19-21(3)5-2)28(31)29(27)32/h13-18,21-23H,4-12,19-20H2,1-3H3/t21-,22?,23?/m0/s1. The van der Waals surface area contributed by atoms with E-state index in [1.807, 2.05) is 13.8 Å². The molecule has 1 aliphatic carbocycles. The van der Waals surface area contributed by atoms with E-state index in [0.717, 1.165) is 12.3 Å². The fourth-order valence-electron chi connectivity index (χ4n) is 4.76. The van der Waals surface area contributed by atoms with E-state index in [9.17, 15) is 13.6 Å². The van der Waals surface area contributed by atoms with Crippen LogP contribution in [-0.2, 0) is 6.42 Å². The lowest BCUT2D eigenvalue weighted by Gasteiger charge is -2.28. The predicted octanol–water partition coefficient (Wildman–Crippen LogP) is 8.54. The molecule has 192 valence electrons. The first kappa shape index (κ1) is 27.2. The molecular formula is C30H40F2O3. The first-order valence-electron chi connectivity index (χ1n) is 13.3. The lowest BCUT2D eigenvalue weighted by molar-refractivity contribution is 0.0726. The molecule has 0 saturated heterocycles. The molecule has 3 nitrogen and oxygen atoms in total. The number of unbranched alkanes of at least 4 members (excludes halogenated alkanes) is 2. The van der Waals surface area contributed by atoms with Crippen molar-refractivity contribution in [3.8, 4) is 11.5 Å². The van der Waals surface area contributed by atoms with E-state index in [1.54, 1.807) is 24.3 Å². The molecule has 0 unspecified atom stereocenters. The Morgan fingerprint density at radius 3 is 2.29 bits per heavy atom. The molecule has 1 atom stereocenters. The maximum absolute atomic E-state index is 14.5. The van der Waals surface area contributed by atoms with E-state index in [1.165, 1.54) is 63.5 Å². The molecule has 3 rings (SSSR count). The Labute approximate surface area is 209 Å². The summed E-state index contributed by atoms with van der Waals surface area (Å²) in [6.45, 7) is 6.92. The molecule has 0 spiro atoms. The number of carbonyl (C=O) groups excluding carboxylic acids is 1. The van der Waals surface area contributed by atoms with Crippen LogP contribution in [-0.4, -0.2) is 12.6 Å². The first-order valence-corrected chi connectivity index (χ1v) is 13.3. The molecule has 2 aromatic rings. The van der Waals surface area contributed by atoms with Gasteiger partial charge in [-0.3, -0.25) is 0 Å². The zero-order chi connectivity index (χ0) is 25.2. The highest BCUT2D eigenvalue weighted by molar-refractivity contribution is 5.91. The van der Waals surface area contributed by atoms with Gasteiger partial charge in [0.1, 0.15) is 5.75 Å². The molecule has 5 heteroatoms. The van der Waals surface area contributed by atoms with Crippen molar-refractivity contribution in [1.82, 2.24) is 0 Å². The lowest BCUT2D eigenvalue weighted by Crippen LogP contribution is -2.20. The summed E-state index contributed by atoms with van der Waals surface area (Å²) >= 11 is 0. The first-order chi connectivity index (χ1) is 16.9. The summed E-state index contributed by atoms with van der Waals surface area (Å²) in [7, 11) is 0.